The molecule has 1 heterocycles. The van der Waals surface area contributed by atoms with E-state index in [1.165, 1.54) is 0 Å². The minimum absolute atomic E-state index is 0.0139. The summed E-state index contributed by atoms with van der Waals surface area (Å²) in [7, 11) is 0. The van der Waals surface area contributed by atoms with Crippen LogP contribution in [0.5, 0.6) is 0 Å². The van der Waals surface area contributed by atoms with Crippen molar-refractivity contribution in [3.63, 3.8) is 0 Å². The van der Waals surface area contributed by atoms with Gasteiger partial charge in [-0.05, 0) is 11.6 Å². The minimum atomic E-state index is -0.247. The smallest absolute Gasteiger partial charge is 0.199 e. The molecular weight excluding hydrogens is 142 g/mol. The van der Waals surface area contributed by atoms with Crippen molar-refractivity contribution in [1.29, 1.82) is 0 Å². The van der Waals surface area contributed by atoms with Crippen LogP contribution in [0, 0.1) is 0 Å². The molecule has 4 heteroatoms. The van der Waals surface area contributed by atoms with E-state index in [1.807, 2.05) is 0 Å². The number of hydrogen-bond donors (Lipinski definition) is 1. The zero-order valence-corrected chi connectivity index (χ0v) is 5.18. The van der Waals surface area contributed by atoms with E-state index in [0.717, 1.165) is 12.1 Å². The highest BCUT2D eigenvalue weighted by atomic mass is 35.5. The predicted molar refractivity (Wildman–Crippen MR) is 34.4 cm³/mol. The summed E-state index contributed by atoms with van der Waals surface area (Å²) in [5.41, 5.74) is 4.86. The van der Waals surface area contributed by atoms with Crippen molar-refractivity contribution in [3.8, 4) is 0 Å². The van der Waals surface area contributed by atoms with Gasteiger partial charge in [-0.1, -0.05) is 0 Å². The number of anilines is 1. The maximum atomic E-state index is 10.5. The summed E-state index contributed by atoms with van der Waals surface area (Å²) in [6.45, 7) is 0. The zero-order valence-electron chi connectivity index (χ0n) is 4.43. The summed E-state index contributed by atoms with van der Waals surface area (Å²) in [5.74, 6) is 0.0347. The topological polar surface area (TPSA) is 56.2 Å². The van der Waals surface area contributed by atoms with Crippen molar-refractivity contribution in [2.75, 3.05) is 5.73 Å². The zero-order chi connectivity index (χ0) is 6.85. The highest BCUT2D eigenvalue weighted by Gasteiger charge is 1.92. The van der Waals surface area contributed by atoms with Gasteiger partial charge in [-0.3, -0.25) is 4.79 Å². The van der Waals surface area contributed by atoms with Crippen molar-refractivity contribution in [3.05, 3.63) is 27.6 Å². The highest BCUT2D eigenvalue weighted by molar-refractivity contribution is 6.28. The lowest BCUT2D eigenvalue weighted by Crippen LogP contribution is -1.98. The predicted octanol–water partition coefficient (Wildman–Crippen LogP) is 0.875. The molecule has 1 rings (SSSR count). The Hall–Kier alpha value is -0.960. The molecule has 0 unspecified atom stereocenters. The minimum Gasteiger partial charge on any atom is -0.429 e. The van der Waals surface area contributed by atoms with Gasteiger partial charge in [0.2, 0.25) is 0 Å². The summed E-state index contributed by atoms with van der Waals surface area (Å²) in [5, 5.41) is 0.0139. The Balaban J connectivity index is 3.33. The molecule has 0 fully saturated rings. The second-order valence-electron chi connectivity index (χ2n) is 1.50. The van der Waals surface area contributed by atoms with E-state index >= 15 is 0 Å². The molecule has 2 N–H and O–H groups in total. The van der Waals surface area contributed by atoms with Gasteiger partial charge < -0.3 is 10.2 Å². The van der Waals surface area contributed by atoms with E-state index in [-0.39, 0.29) is 16.5 Å². The first-order valence-corrected chi connectivity index (χ1v) is 2.62. The summed E-state index contributed by atoms with van der Waals surface area (Å²) in [6.07, 6.45) is 0. The van der Waals surface area contributed by atoms with Crippen LogP contribution in [0.2, 0.25) is 5.22 Å². The maximum absolute atomic E-state index is 10.5. The molecule has 1 aromatic heterocycles. The molecular formula is C5H4ClNO2. The van der Waals surface area contributed by atoms with Crippen molar-refractivity contribution < 1.29 is 4.42 Å². The third kappa shape index (κ3) is 1.47. The molecule has 0 aliphatic rings. The van der Waals surface area contributed by atoms with Gasteiger partial charge in [0, 0.05) is 12.1 Å². The molecule has 0 saturated heterocycles. The first kappa shape index (κ1) is 6.16. The molecule has 0 radical (unpaired) electrons. The lowest BCUT2D eigenvalue weighted by molar-refractivity contribution is 0.572. The fourth-order valence-corrected chi connectivity index (χ4v) is 0.662. The van der Waals surface area contributed by atoms with Gasteiger partial charge in [-0.15, -0.1) is 0 Å². The Kier molecular flexibility index (Phi) is 1.44. The van der Waals surface area contributed by atoms with Crippen LogP contribution in [0.3, 0.4) is 0 Å². The molecule has 0 spiro atoms. The molecule has 0 aromatic carbocycles. The molecule has 0 atom stereocenters. The number of rotatable bonds is 0. The van der Waals surface area contributed by atoms with Crippen LogP contribution < -0.4 is 11.2 Å². The van der Waals surface area contributed by atoms with Crippen molar-refractivity contribution in [1.82, 2.24) is 0 Å². The summed E-state index contributed by atoms with van der Waals surface area (Å²) >= 11 is 5.30. The van der Waals surface area contributed by atoms with Crippen LogP contribution >= 0.6 is 11.6 Å². The van der Waals surface area contributed by atoms with Crippen molar-refractivity contribution >= 4 is 17.5 Å². The van der Waals surface area contributed by atoms with E-state index < -0.39 is 0 Å². The Morgan fingerprint density at radius 1 is 1.56 bits per heavy atom. The molecule has 3 nitrogen and oxygen atoms in total. The fraction of sp³-hybridized carbons (Fsp3) is 0. The first-order chi connectivity index (χ1) is 4.18. The van der Waals surface area contributed by atoms with Crippen LogP contribution in [0.4, 0.5) is 5.88 Å². The summed E-state index contributed by atoms with van der Waals surface area (Å²) in [6, 6.07) is 2.31. The van der Waals surface area contributed by atoms with Gasteiger partial charge >= 0.3 is 0 Å². The van der Waals surface area contributed by atoms with Crippen molar-refractivity contribution in [2.24, 2.45) is 0 Å². The van der Waals surface area contributed by atoms with E-state index in [2.05, 4.69) is 4.42 Å². The lowest BCUT2D eigenvalue weighted by atomic mass is 10.5. The molecule has 9 heavy (non-hydrogen) atoms. The Morgan fingerprint density at radius 2 is 2.22 bits per heavy atom. The maximum Gasteiger partial charge on any atom is 0.199 e. The number of nitrogens with two attached hydrogens (primary N) is 1. The van der Waals surface area contributed by atoms with Crippen LogP contribution in [0.1, 0.15) is 0 Å². The highest BCUT2D eigenvalue weighted by Crippen LogP contribution is 2.07. The second kappa shape index (κ2) is 2.11. The van der Waals surface area contributed by atoms with E-state index in [1.54, 1.807) is 0 Å². The average Bonchev–Trinajstić information content (AvgIpc) is 1.59. The molecule has 0 amide bonds. The summed E-state index contributed by atoms with van der Waals surface area (Å²) in [4.78, 5) is 10.5. The number of hydrogen-bond acceptors (Lipinski definition) is 3. The van der Waals surface area contributed by atoms with Crippen molar-refractivity contribution in [2.45, 2.75) is 0 Å². The van der Waals surface area contributed by atoms with E-state index in [9.17, 15) is 4.79 Å². The van der Waals surface area contributed by atoms with Gasteiger partial charge in [0.1, 0.15) is 0 Å². The van der Waals surface area contributed by atoms with Gasteiger partial charge in [-0.2, -0.15) is 0 Å². The Bertz CT molecular complexity index is 245. The molecule has 48 valence electrons. The standard InChI is InChI=1S/C5H4ClNO2/c6-4-1-3(8)2-5(7)9-4/h1-2H,7H2. The quantitative estimate of drug-likeness (QED) is 0.590. The average molecular weight is 146 g/mol. The van der Waals surface area contributed by atoms with E-state index in [4.69, 9.17) is 17.3 Å². The largest absolute Gasteiger partial charge is 0.429 e. The lowest BCUT2D eigenvalue weighted by Gasteiger charge is -1.89. The molecule has 0 saturated carbocycles. The number of halogens is 1. The SMILES string of the molecule is Nc1cc(=O)cc(Cl)o1. The second-order valence-corrected chi connectivity index (χ2v) is 1.87. The van der Waals surface area contributed by atoms with Gasteiger partial charge in [0.05, 0.1) is 0 Å². The normalized spacial score (nSPS) is 9.44. The first-order valence-electron chi connectivity index (χ1n) is 2.24. The van der Waals surface area contributed by atoms with Gasteiger partial charge in [0.25, 0.3) is 0 Å². The van der Waals surface area contributed by atoms with Crippen LogP contribution in [-0.4, -0.2) is 0 Å². The monoisotopic (exact) mass is 145 g/mol. The van der Waals surface area contributed by atoms with Crippen LogP contribution in [0.15, 0.2) is 21.3 Å². The molecule has 0 bridgehead atoms. The number of nitrogen functional groups attached to an aromatic ring is 1. The van der Waals surface area contributed by atoms with Crippen LogP contribution in [-0.2, 0) is 0 Å². The molecule has 1 aromatic rings. The Labute approximate surface area is 56.0 Å². The van der Waals surface area contributed by atoms with Gasteiger partial charge in [-0.25, -0.2) is 0 Å². The third-order valence-corrected chi connectivity index (χ3v) is 0.942. The van der Waals surface area contributed by atoms with Crippen LogP contribution in [0.25, 0.3) is 0 Å². The van der Waals surface area contributed by atoms with E-state index in [0.29, 0.717) is 0 Å². The summed E-state index contributed by atoms with van der Waals surface area (Å²) < 4.78 is 4.60. The Morgan fingerprint density at radius 3 is 2.67 bits per heavy atom. The molecule has 0 aliphatic heterocycles. The third-order valence-electron chi connectivity index (χ3n) is 0.756. The fourth-order valence-electron chi connectivity index (χ4n) is 0.465. The van der Waals surface area contributed by atoms with Gasteiger partial charge in [0.15, 0.2) is 16.5 Å². The molecule has 0 aliphatic carbocycles.